The molecule has 4 heteroatoms. The van der Waals surface area contributed by atoms with E-state index in [9.17, 15) is 8.60 Å². The van der Waals surface area contributed by atoms with Gasteiger partial charge in [0, 0.05) is 5.75 Å². The van der Waals surface area contributed by atoms with E-state index in [0.717, 1.165) is 32.1 Å². The van der Waals surface area contributed by atoms with Crippen molar-refractivity contribution in [2.24, 2.45) is 0 Å². The molecule has 0 radical (unpaired) electrons. The monoisotopic (exact) mass is 196 g/mol. The summed E-state index contributed by atoms with van der Waals surface area (Å²) in [6.07, 6.45) is 5.49. The minimum atomic E-state index is -1.63. The lowest BCUT2D eigenvalue weighted by Crippen LogP contribution is -1.94. The highest BCUT2D eigenvalue weighted by atomic mass is 32.2. The van der Waals surface area contributed by atoms with E-state index in [1.807, 2.05) is 0 Å². The molecule has 0 aliphatic heterocycles. The molecular formula is C8H17FO2S. The van der Waals surface area contributed by atoms with Gasteiger partial charge >= 0.3 is 0 Å². The number of hydrogen-bond acceptors (Lipinski definition) is 1. The van der Waals surface area contributed by atoms with Crippen molar-refractivity contribution in [3.63, 3.8) is 0 Å². The van der Waals surface area contributed by atoms with Crippen LogP contribution < -0.4 is 0 Å². The van der Waals surface area contributed by atoms with E-state index in [-0.39, 0.29) is 6.67 Å². The van der Waals surface area contributed by atoms with Crippen molar-refractivity contribution < 1.29 is 13.2 Å². The second-order valence-electron chi connectivity index (χ2n) is 2.84. The van der Waals surface area contributed by atoms with Gasteiger partial charge < -0.3 is 4.55 Å². The summed E-state index contributed by atoms with van der Waals surface area (Å²) < 4.78 is 30.2. The van der Waals surface area contributed by atoms with E-state index in [1.54, 1.807) is 0 Å². The van der Waals surface area contributed by atoms with E-state index in [4.69, 9.17) is 4.55 Å². The van der Waals surface area contributed by atoms with Crippen LogP contribution in [0.1, 0.15) is 38.5 Å². The molecule has 0 bridgehead atoms. The minimum Gasteiger partial charge on any atom is -0.306 e. The first-order valence-corrected chi connectivity index (χ1v) is 5.68. The summed E-state index contributed by atoms with van der Waals surface area (Å²) >= 11 is -1.63. The molecule has 12 heavy (non-hydrogen) atoms. The molecule has 2 nitrogen and oxygen atoms in total. The van der Waals surface area contributed by atoms with Gasteiger partial charge in [0.05, 0.1) is 6.67 Å². The molecule has 1 atom stereocenters. The predicted molar refractivity (Wildman–Crippen MR) is 49.3 cm³/mol. The quantitative estimate of drug-likeness (QED) is 0.478. The molecule has 0 aromatic rings. The Bertz CT molecular complexity index is 120. The Morgan fingerprint density at radius 2 is 1.50 bits per heavy atom. The van der Waals surface area contributed by atoms with E-state index >= 15 is 0 Å². The Labute approximate surface area is 75.8 Å². The molecule has 0 heterocycles. The number of hydrogen-bond donors (Lipinski definition) is 1. The van der Waals surface area contributed by atoms with E-state index in [2.05, 4.69) is 0 Å². The van der Waals surface area contributed by atoms with Gasteiger partial charge in [-0.1, -0.05) is 25.7 Å². The van der Waals surface area contributed by atoms with Crippen LogP contribution >= 0.6 is 0 Å². The van der Waals surface area contributed by atoms with Gasteiger partial charge in [0.2, 0.25) is 0 Å². The molecule has 1 N–H and O–H groups in total. The fourth-order valence-corrected chi connectivity index (χ4v) is 1.48. The topological polar surface area (TPSA) is 37.3 Å². The highest BCUT2D eigenvalue weighted by Crippen LogP contribution is 2.05. The van der Waals surface area contributed by atoms with Crippen LogP contribution in [0.4, 0.5) is 4.39 Å². The third kappa shape index (κ3) is 10.0. The minimum absolute atomic E-state index is 0.222. The van der Waals surface area contributed by atoms with Gasteiger partial charge in [-0.05, 0) is 12.8 Å². The molecule has 0 aromatic carbocycles. The Hall–Kier alpha value is 0.0400. The maximum atomic E-state index is 11.6. The molecule has 0 amide bonds. The first-order chi connectivity index (χ1) is 5.77. The Balaban J connectivity index is 2.86. The smallest absolute Gasteiger partial charge is 0.152 e. The highest BCUT2D eigenvalue weighted by molar-refractivity contribution is 7.79. The van der Waals surface area contributed by atoms with Gasteiger partial charge in [-0.2, -0.15) is 0 Å². The Morgan fingerprint density at radius 3 is 2.00 bits per heavy atom. The summed E-state index contributed by atoms with van der Waals surface area (Å²) in [6.45, 7) is -0.222. The standard InChI is InChI=1S/C8H17FO2S/c9-7-5-3-1-2-4-6-8-12(10)11/h1-8H2,(H,10,11). The number of halogens is 1. The lowest BCUT2D eigenvalue weighted by atomic mass is 10.1. The van der Waals surface area contributed by atoms with Gasteiger partial charge in [-0.25, -0.2) is 4.21 Å². The zero-order valence-electron chi connectivity index (χ0n) is 7.30. The average Bonchev–Trinajstić information content (AvgIpc) is 2.02. The molecule has 0 saturated carbocycles. The van der Waals surface area contributed by atoms with Crippen LogP contribution in [0.5, 0.6) is 0 Å². The van der Waals surface area contributed by atoms with Gasteiger partial charge in [0.15, 0.2) is 11.1 Å². The van der Waals surface area contributed by atoms with E-state index in [0.29, 0.717) is 12.2 Å². The fourth-order valence-electron chi connectivity index (χ4n) is 1.03. The maximum absolute atomic E-state index is 11.6. The molecular weight excluding hydrogens is 179 g/mol. The van der Waals surface area contributed by atoms with Crippen molar-refractivity contribution in [3.8, 4) is 0 Å². The largest absolute Gasteiger partial charge is 0.306 e. The summed E-state index contributed by atoms with van der Waals surface area (Å²) in [6, 6.07) is 0. The Kier molecular flexibility index (Phi) is 9.16. The summed E-state index contributed by atoms with van der Waals surface area (Å²) in [7, 11) is 0. The van der Waals surface area contributed by atoms with Crippen LogP contribution in [0, 0.1) is 0 Å². The van der Waals surface area contributed by atoms with Gasteiger partial charge in [0.25, 0.3) is 0 Å². The summed E-state index contributed by atoms with van der Waals surface area (Å²) in [5.41, 5.74) is 0. The number of rotatable bonds is 8. The summed E-state index contributed by atoms with van der Waals surface area (Å²) in [5, 5.41) is 0. The number of alkyl halides is 1. The normalized spacial score (nSPS) is 13.2. The highest BCUT2D eigenvalue weighted by Gasteiger charge is 1.94. The van der Waals surface area contributed by atoms with Crippen LogP contribution in [0.2, 0.25) is 0 Å². The zero-order chi connectivity index (χ0) is 9.23. The lowest BCUT2D eigenvalue weighted by Gasteiger charge is -1.98. The average molecular weight is 196 g/mol. The molecule has 0 aliphatic carbocycles. The fraction of sp³-hybridized carbons (Fsp3) is 1.00. The number of unbranched alkanes of at least 4 members (excludes halogenated alkanes) is 5. The molecule has 0 rings (SSSR count). The summed E-state index contributed by atoms with van der Waals surface area (Å²) in [5.74, 6) is 0.378. The van der Waals surface area contributed by atoms with Crippen molar-refractivity contribution in [1.29, 1.82) is 0 Å². The van der Waals surface area contributed by atoms with Crippen molar-refractivity contribution in [1.82, 2.24) is 0 Å². The van der Waals surface area contributed by atoms with Crippen LogP contribution in [-0.4, -0.2) is 21.2 Å². The molecule has 74 valence electrons. The molecule has 0 spiro atoms. The van der Waals surface area contributed by atoms with Gasteiger partial charge in [0.1, 0.15) is 0 Å². The lowest BCUT2D eigenvalue weighted by molar-refractivity contribution is 0.451. The van der Waals surface area contributed by atoms with Crippen LogP contribution in [0.15, 0.2) is 0 Å². The summed E-state index contributed by atoms with van der Waals surface area (Å²) in [4.78, 5) is 0. The molecule has 0 aromatic heterocycles. The van der Waals surface area contributed by atoms with Crippen LogP contribution in [0.25, 0.3) is 0 Å². The first-order valence-electron chi connectivity index (χ1n) is 4.41. The van der Waals surface area contributed by atoms with Crippen molar-refractivity contribution in [2.75, 3.05) is 12.4 Å². The molecule has 0 saturated heterocycles. The molecule has 1 unspecified atom stereocenters. The second-order valence-corrected chi connectivity index (χ2v) is 3.89. The third-order valence-electron chi connectivity index (χ3n) is 1.70. The van der Waals surface area contributed by atoms with Crippen LogP contribution in [-0.2, 0) is 11.1 Å². The van der Waals surface area contributed by atoms with E-state index < -0.39 is 11.1 Å². The van der Waals surface area contributed by atoms with Crippen molar-refractivity contribution in [2.45, 2.75) is 38.5 Å². The third-order valence-corrected chi connectivity index (χ3v) is 2.34. The molecule has 0 aliphatic rings. The van der Waals surface area contributed by atoms with Gasteiger partial charge in [-0.15, -0.1) is 0 Å². The van der Waals surface area contributed by atoms with Crippen molar-refractivity contribution >= 4 is 11.1 Å². The first kappa shape index (κ1) is 12.0. The Morgan fingerprint density at radius 1 is 1.00 bits per heavy atom. The maximum Gasteiger partial charge on any atom is 0.152 e. The van der Waals surface area contributed by atoms with Gasteiger partial charge in [-0.3, -0.25) is 4.39 Å². The van der Waals surface area contributed by atoms with Crippen molar-refractivity contribution in [3.05, 3.63) is 0 Å². The predicted octanol–water partition coefficient (Wildman–Crippen LogP) is 2.52. The molecule has 0 fully saturated rings. The zero-order valence-corrected chi connectivity index (χ0v) is 8.12. The van der Waals surface area contributed by atoms with Crippen LogP contribution in [0.3, 0.4) is 0 Å². The second kappa shape index (κ2) is 9.13. The van der Waals surface area contributed by atoms with E-state index in [1.165, 1.54) is 0 Å². The SMILES string of the molecule is O=S(O)CCCCCCCCF.